The van der Waals surface area contributed by atoms with Crippen molar-refractivity contribution >= 4 is 5.91 Å². The number of rotatable bonds is 2. The van der Waals surface area contributed by atoms with Gasteiger partial charge >= 0.3 is 0 Å². The molecule has 0 aromatic heterocycles. The van der Waals surface area contributed by atoms with Gasteiger partial charge in [-0.05, 0) is 36.5 Å². The van der Waals surface area contributed by atoms with Gasteiger partial charge in [0.1, 0.15) is 11.6 Å². The van der Waals surface area contributed by atoms with Crippen LogP contribution in [-0.2, 0) is 0 Å². The molecule has 2 rings (SSSR count). The minimum absolute atomic E-state index is 0.0556. The maximum absolute atomic E-state index is 13.2. The normalized spacial score (nSPS) is 18.4. The van der Waals surface area contributed by atoms with Crippen LogP contribution in [0.1, 0.15) is 43.5 Å². The van der Waals surface area contributed by atoms with E-state index in [1.54, 1.807) is 4.90 Å². The van der Waals surface area contributed by atoms with Gasteiger partial charge in [0.2, 0.25) is 0 Å². The molecular formula is C15H20FNO2. The zero-order valence-electron chi connectivity index (χ0n) is 11.4. The molecule has 1 heterocycles. The molecule has 1 aliphatic rings. The van der Waals surface area contributed by atoms with Gasteiger partial charge in [0, 0.05) is 13.1 Å². The lowest BCUT2D eigenvalue weighted by Crippen LogP contribution is -2.42. The van der Waals surface area contributed by atoms with E-state index in [4.69, 9.17) is 0 Å². The fraction of sp³-hybridized carbons (Fsp3) is 0.533. The molecule has 1 aliphatic heterocycles. The van der Waals surface area contributed by atoms with Crippen LogP contribution in [-0.4, -0.2) is 29.0 Å². The Balaban J connectivity index is 2.11. The van der Waals surface area contributed by atoms with Crippen LogP contribution in [0.15, 0.2) is 18.2 Å². The van der Waals surface area contributed by atoms with E-state index in [9.17, 15) is 14.3 Å². The maximum Gasteiger partial charge on any atom is 0.257 e. The second-order valence-corrected chi connectivity index (χ2v) is 5.62. The third-order valence-corrected chi connectivity index (χ3v) is 4.30. The van der Waals surface area contributed by atoms with E-state index in [0.717, 1.165) is 31.4 Å². The number of halogens is 1. The molecule has 0 radical (unpaired) electrons. The topological polar surface area (TPSA) is 40.5 Å². The zero-order valence-corrected chi connectivity index (χ0v) is 11.4. The predicted octanol–water partition coefficient (Wildman–Crippen LogP) is 3.18. The summed E-state index contributed by atoms with van der Waals surface area (Å²) in [6.45, 7) is 5.72. The molecule has 0 spiro atoms. The second-order valence-electron chi connectivity index (χ2n) is 5.62. The molecule has 1 aromatic rings. The number of hydrogen-bond donors (Lipinski definition) is 1. The first kappa shape index (κ1) is 13.8. The highest BCUT2D eigenvalue weighted by Crippen LogP contribution is 2.34. The molecule has 1 saturated heterocycles. The van der Waals surface area contributed by atoms with Crippen molar-refractivity contribution in [1.29, 1.82) is 0 Å². The minimum Gasteiger partial charge on any atom is -0.507 e. The Hall–Kier alpha value is -1.58. The molecule has 0 aliphatic carbocycles. The van der Waals surface area contributed by atoms with Crippen molar-refractivity contribution in [2.45, 2.75) is 33.1 Å². The number of piperidine rings is 1. The quantitative estimate of drug-likeness (QED) is 0.892. The first-order chi connectivity index (χ1) is 8.95. The van der Waals surface area contributed by atoms with Crippen molar-refractivity contribution < 1.29 is 14.3 Å². The Morgan fingerprint density at radius 2 is 2.05 bits per heavy atom. The third-order valence-electron chi connectivity index (χ3n) is 4.30. The molecular weight excluding hydrogens is 245 g/mol. The van der Waals surface area contributed by atoms with E-state index in [0.29, 0.717) is 18.5 Å². The van der Waals surface area contributed by atoms with Crippen LogP contribution >= 0.6 is 0 Å². The van der Waals surface area contributed by atoms with Crippen molar-refractivity contribution in [3.05, 3.63) is 29.6 Å². The number of phenolic OH excluding ortho intramolecular Hbond substituents is 1. The number of carbonyl (C=O) groups is 1. The summed E-state index contributed by atoms with van der Waals surface area (Å²) >= 11 is 0. The zero-order chi connectivity index (χ0) is 14.0. The van der Waals surface area contributed by atoms with Crippen molar-refractivity contribution in [2.24, 2.45) is 5.41 Å². The van der Waals surface area contributed by atoms with Crippen molar-refractivity contribution in [3.63, 3.8) is 0 Å². The highest BCUT2D eigenvalue weighted by Gasteiger charge is 2.31. The van der Waals surface area contributed by atoms with E-state index in [1.165, 1.54) is 6.07 Å². The van der Waals surface area contributed by atoms with Gasteiger partial charge in [-0.2, -0.15) is 0 Å². The Morgan fingerprint density at radius 1 is 1.42 bits per heavy atom. The number of hydrogen-bond acceptors (Lipinski definition) is 2. The number of likely N-dealkylation sites (tertiary alicyclic amines) is 1. The number of nitrogens with zero attached hydrogens (tertiary/aromatic N) is 1. The molecule has 0 unspecified atom stereocenters. The largest absolute Gasteiger partial charge is 0.507 e. The van der Waals surface area contributed by atoms with E-state index in [2.05, 4.69) is 13.8 Å². The smallest absolute Gasteiger partial charge is 0.257 e. The van der Waals surface area contributed by atoms with Crippen LogP contribution in [0.25, 0.3) is 0 Å². The van der Waals surface area contributed by atoms with Gasteiger partial charge in [-0.1, -0.05) is 20.3 Å². The van der Waals surface area contributed by atoms with Crippen LogP contribution in [0, 0.1) is 11.2 Å². The molecule has 1 amide bonds. The first-order valence-corrected chi connectivity index (χ1v) is 6.73. The third kappa shape index (κ3) is 2.88. The average molecular weight is 265 g/mol. The van der Waals surface area contributed by atoms with Crippen LogP contribution < -0.4 is 0 Å². The van der Waals surface area contributed by atoms with Crippen molar-refractivity contribution in [2.75, 3.05) is 13.1 Å². The lowest BCUT2D eigenvalue weighted by Gasteiger charge is -2.39. The molecule has 0 saturated carbocycles. The fourth-order valence-corrected chi connectivity index (χ4v) is 2.45. The number of carbonyl (C=O) groups excluding carboxylic acids is 1. The summed E-state index contributed by atoms with van der Waals surface area (Å²) in [5.74, 6) is -0.943. The lowest BCUT2D eigenvalue weighted by atomic mass is 9.78. The Morgan fingerprint density at radius 3 is 2.63 bits per heavy atom. The van der Waals surface area contributed by atoms with Gasteiger partial charge in [-0.25, -0.2) is 4.39 Å². The summed E-state index contributed by atoms with van der Waals surface area (Å²) in [6, 6.07) is 3.48. The van der Waals surface area contributed by atoms with Gasteiger partial charge in [0.25, 0.3) is 5.91 Å². The summed E-state index contributed by atoms with van der Waals surface area (Å²) in [5, 5.41) is 9.67. The van der Waals surface area contributed by atoms with Crippen LogP contribution in [0.3, 0.4) is 0 Å². The molecule has 0 atom stereocenters. The van der Waals surface area contributed by atoms with Gasteiger partial charge in [-0.15, -0.1) is 0 Å². The summed E-state index contributed by atoms with van der Waals surface area (Å²) in [5.41, 5.74) is 0.348. The molecule has 19 heavy (non-hydrogen) atoms. The molecule has 104 valence electrons. The summed E-state index contributed by atoms with van der Waals surface area (Å²) < 4.78 is 13.2. The SMILES string of the molecule is CCC1(C)CCN(C(=O)c2cc(F)ccc2O)CC1. The van der Waals surface area contributed by atoms with E-state index >= 15 is 0 Å². The van der Waals surface area contributed by atoms with Crippen molar-refractivity contribution in [3.8, 4) is 5.75 Å². The monoisotopic (exact) mass is 265 g/mol. The summed E-state index contributed by atoms with van der Waals surface area (Å²) in [6.07, 6.45) is 3.00. The number of benzene rings is 1. The summed E-state index contributed by atoms with van der Waals surface area (Å²) in [7, 11) is 0. The second kappa shape index (κ2) is 5.19. The lowest BCUT2D eigenvalue weighted by molar-refractivity contribution is 0.0597. The maximum atomic E-state index is 13.2. The molecule has 3 nitrogen and oxygen atoms in total. The summed E-state index contributed by atoms with van der Waals surface area (Å²) in [4.78, 5) is 14.0. The Kier molecular flexibility index (Phi) is 3.78. The van der Waals surface area contributed by atoms with Gasteiger partial charge in [0.05, 0.1) is 5.56 Å². The van der Waals surface area contributed by atoms with E-state index in [1.807, 2.05) is 0 Å². The predicted molar refractivity (Wildman–Crippen MR) is 71.6 cm³/mol. The van der Waals surface area contributed by atoms with Gasteiger partial charge in [-0.3, -0.25) is 4.79 Å². The molecule has 0 bridgehead atoms. The fourth-order valence-electron chi connectivity index (χ4n) is 2.45. The van der Waals surface area contributed by atoms with Crippen LogP contribution in [0.2, 0.25) is 0 Å². The van der Waals surface area contributed by atoms with Gasteiger partial charge < -0.3 is 10.0 Å². The highest BCUT2D eigenvalue weighted by atomic mass is 19.1. The molecule has 1 N–H and O–H groups in total. The number of aromatic hydroxyl groups is 1. The molecule has 4 heteroatoms. The Labute approximate surface area is 113 Å². The van der Waals surface area contributed by atoms with Crippen LogP contribution in [0.5, 0.6) is 5.75 Å². The Bertz CT molecular complexity index is 479. The standard InChI is InChI=1S/C15H20FNO2/c1-3-15(2)6-8-17(9-7-15)14(19)12-10-11(16)4-5-13(12)18/h4-5,10,18H,3,6-9H2,1-2H3. The van der Waals surface area contributed by atoms with Crippen LogP contribution in [0.4, 0.5) is 4.39 Å². The van der Waals surface area contributed by atoms with E-state index in [-0.39, 0.29) is 17.2 Å². The average Bonchev–Trinajstić information content (AvgIpc) is 2.42. The molecule has 1 aromatic carbocycles. The first-order valence-electron chi connectivity index (χ1n) is 6.73. The highest BCUT2D eigenvalue weighted by molar-refractivity contribution is 5.96. The van der Waals surface area contributed by atoms with Gasteiger partial charge in [0.15, 0.2) is 0 Å². The van der Waals surface area contributed by atoms with E-state index < -0.39 is 5.82 Å². The number of phenols is 1. The molecule has 1 fully saturated rings. The minimum atomic E-state index is -0.503. The number of amides is 1. The van der Waals surface area contributed by atoms with Crippen molar-refractivity contribution in [1.82, 2.24) is 4.90 Å².